The molecular weight excluding hydrogens is 408 g/mol. The van der Waals surface area contributed by atoms with E-state index in [1.807, 2.05) is 30.3 Å². The summed E-state index contributed by atoms with van der Waals surface area (Å²) in [6.45, 7) is 3.25. The standard InChI is InChI=1S/C23H24N6OS/c24-13-17-19(15-7-8-15)18(14-25)23(28-22(17)29-11-4-9-27-10-12-29)31-20(21(26)30)16-5-2-1-3-6-16/h1-3,5-6,15,20,27H,4,7-12H2,(H2,26,30). The Morgan fingerprint density at radius 2 is 1.90 bits per heavy atom. The third-order valence-electron chi connectivity index (χ3n) is 5.62. The minimum absolute atomic E-state index is 0.194. The first-order valence-electron chi connectivity index (χ1n) is 10.5. The zero-order valence-electron chi connectivity index (χ0n) is 17.2. The van der Waals surface area contributed by atoms with Crippen LogP contribution in [0.2, 0.25) is 0 Å². The molecule has 1 aliphatic heterocycles. The predicted molar refractivity (Wildman–Crippen MR) is 120 cm³/mol. The molecule has 2 aliphatic rings. The molecule has 1 amide bonds. The maximum absolute atomic E-state index is 12.3. The fourth-order valence-electron chi connectivity index (χ4n) is 3.97. The van der Waals surface area contributed by atoms with Gasteiger partial charge in [-0.05, 0) is 42.9 Å². The minimum atomic E-state index is -0.667. The van der Waals surface area contributed by atoms with Crippen molar-refractivity contribution in [3.05, 3.63) is 52.6 Å². The predicted octanol–water partition coefficient (Wildman–Crippen LogP) is 2.82. The molecule has 7 nitrogen and oxygen atoms in total. The highest BCUT2D eigenvalue weighted by Crippen LogP contribution is 2.48. The van der Waals surface area contributed by atoms with E-state index in [2.05, 4.69) is 22.4 Å². The molecule has 1 aromatic heterocycles. The van der Waals surface area contributed by atoms with E-state index < -0.39 is 11.2 Å². The topological polar surface area (TPSA) is 119 Å². The van der Waals surface area contributed by atoms with Crippen molar-refractivity contribution in [3.8, 4) is 12.1 Å². The second kappa shape index (κ2) is 9.38. The number of aromatic nitrogens is 1. The Labute approximate surface area is 186 Å². The molecule has 0 bridgehead atoms. The van der Waals surface area contributed by atoms with Gasteiger partial charge in [-0.3, -0.25) is 4.79 Å². The molecule has 0 spiro atoms. The van der Waals surface area contributed by atoms with Crippen molar-refractivity contribution in [3.63, 3.8) is 0 Å². The van der Waals surface area contributed by atoms with Crippen molar-refractivity contribution >= 4 is 23.5 Å². The summed E-state index contributed by atoms with van der Waals surface area (Å²) < 4.78 is 0. The molecule has 8 heteroatoms. The fraction of sp³-hybridized carbons (Fsp3) is 0.391. The Hall–Kier alpha value is -3.07. The maximum Gasteiger partial charge on any atom is 0.235 e. The number of rotatable bonds is 6. The SMILES string of the molecule is N#Cc1c(SC(C(N)=O)c2ccccc2)nc(N2CCCNCC2)c(C#N)c1C1CC1. The van der Waals surface area contributed by atoms with E-state index in [4.69, 9.17) is 10.7 Å². The number of nitrogens with one attached hydrogen (secondary N) is 1. The Kier molecular flexibility index (Phi) is 6.41. The van der Waals surface area contributed by atoms with E-state index in [-0.39, 0.29) is 5.92 Å². The Balaban J connectivity index is 1.84. The van der Waals surface area contributed by atoms with Crippen molar-refractivity contribution in [2.24, 2.45) is 5.73 Å². The summed E-state index contributed by atoms with van der Waals surface area (Å²) in [4.78, 5) is 19.2. The number of benzene rings is 1. The van der Waals surface area contributed by atoms with Gasteiger partial charge in [-0.2, -0.15) is 10.5 Å². The Morgan fingerprint density at radius 3 is 2.55 bits per heavy atom. The van der Waals surface area contributed by atoms with Crippen LogP contribution in [0.15, 0.2) is 35.4 Å². The van der Waals surface area contributed by atoms with Gasteiger partial charge in [0.25, 0.3) is 0 Å². The molecule has 1 saturated carbocycles. The van der Waals surface area contributed by atoms with Crippen LogP contribution in [0.3, 0.4) is 0 Å². The number of carbonyl (C=O) groups is 1. The van der Waals surface area contributed by atoms with Gasteiger partial charge in [-0.15, -0.1) is 0 Å². The summed E-state index contributed by atoms with van der Waals surface area (Å²) in [5.74, 6) is 0.324. The Morgan fingerprint density at radius 1 is 1.16 bits per heavy atom. The van der Waals surface area contributed by atoms with E-state index in [1.54, 1.807) is 0 Å². The van der Waals surface area contributed by atoms with Gasteiger partial charge in [0.05, 0.1) is 11.1 Å². The van der Waals surface area contributed by atoms with E-state index in [1.165, 1.54) is 11.8 Å². The van der Waals surface area contributed by atoms with Gasteiger partial charge < -0.3 is 16.0 Å². The number of carbonyl (C=O) groups excluding carboxylic acids is 1. The average molecular weight is 433 g/mol. The summed E-state index contributed by atoms with van der Waals surface area (Å²) >= 11 is 1.20. The lowest BCUT2D eigenvalue weighted by Crippen LogP contribution is -2.30. The molecule has 3 N–H and O–H groups in total. The van der Waals surface area contributed by atoms with Gasteiger partial charge in [-0.25, -0.2) is 4.98 Å². The molecule has 31 heavy (non-hydrogen) atoms. The monoisotopic (exact) mass is 432 g/mol. The zero-order valence-corrected chi connectivity index (χ0v) is 18.0. The summed E-state index contributed by atoms with van der Waals surface area (Å²) in [5, 5.41) is 23.2. The van der Waals surface area contributed by atoms with Crippen LogP contribution in [-0.4, -0.2) is 37.1 Å². The fourth-order valence-corrected chi connectivity index (χ4v) is 5.01. The second-order valence-corrected chi connectivity index (χ2v) is 8.90. The van der Waals surface area contributed by atoms with Crippen molar-refractivity contribution in [2.75, 3.05) is 31.1 Å². The molecule has 0 radical (unpaired) electrons. The third-order valence-corrected chi connectivity index (χ3v) is 6.88. The number of hydrogen-bond acceptors (Lipinski definition) is 7. The third kappa shape index (κ3) is 4.51. The van der Waals surface area contributed by atoms with Gasteiger partial charge in [0.2, 0.25) is 5.91 Å². The van der Waals surface area contributed by atoms with Crippen LogP contribution in [0.25, 0.3) is 0 Å². The lowest BCUT2D eigenvalue weighted by molar-refractivity contribution is -0.117. The van der Waals surface area contributed by atoms with Gasteiger partial charge in [0, 0.05) is 19.6 Å². The van der Waals surface area contributed by atoms with Crippen LogP contribution in [0.4, 0.5) is 5.82 Å². The van der Waals surface area contributed by atoms with Crippen molar-refractivity contribution in [1.29, 1.82) is 10.5 Å². The number of nitrogens with two attached hydrogens (primary N) is 1. The van der Waals surface area contributed by atoms with Crippen LogP contribution in [0.1, 0.15) is 52.7 Å². The molecule has 1 atom stereocenters. The molecule has 2 aromatic rings. The number of nitriles is 2. The lowest BCUT2D eigenvalue weighted by Gasteiger charge is -2.25. The van der Waals surface area contributed by atoms with E-state index >= 15 is 0 Å². The summed E-state index contributed by atoms with van der Waals surface area (Å²) in [7, 11) is 0. The maximum atomic E-state index is 12.3. The Bertz CT molecular complexity index is 1050. The molecule has 1 saturated heterocycles. The first kappa shape index (κ1) is 21.2. The summed E-state index contributed by atoms with van der Waals surface area (Å²) in [6.07, 6.45) is 2.86. The first-order chi connectivity index (χ1) is 15.1. The van der Waals surface area contributed by atoms with Crippen LogP contribution >= 0.6 is 11.8 Å². The number of hydrogen-bond donors (Lipinski definition) is 2. The number of primary amides is 1. The largest absolute Gasteiger partial charge is 0.368 e. The van der Waals surface area contributed by atoms with E-state index in [9.17, 15) is 15.3 Å². The number of pyridine rings is 1. The average Bonchev–Trinajstić information content (AvgIpc) is 3.64. The highest BCUT2D eigenvalue weighted by atomic mass is 32.2. The van der Waals surface area contributed by atoms with Crippen LogP contribution in [0, 0.1) is 22.7 Å². The van der Waals surface area contributed by atoms with Crippen molar-refractivity contribution < 1.29 is 4.79 Å². The first-order valence-corrected chi connectivity index (χ1v) is 11.4. The quantitative estimate of drug-likeness (QED) is 0.674. The van der Waals surface area contributed by atoms with E-state index in [0.717, 1.165) is 56.6 Å². The van der Waals surface area contributed by atoms with Gasteiger partial charge in [0.15, 0.2) is 0 Å². The van der Waals surface area contributed by atoms with Gasteiger partial charge in [-0.1, -0.05) is 42.1 Å². The number of nitrogens with zero attached hydrogens (tertiary/aromatic N) is 4. The number of anilines is 1. The molecular formula is C23H24N6OS. The molecule has 4 rings (SSSR count). The van der Waals surface area contributed by atoms with Gasteiger partial charge >= 0.3 is 0 Å². The van der Waals surface area contributed by atoms with Crippen molar-refractivity contribution in [2.45, 2.75) is 35.5 Å². The molecule has 158 valence electrons. The molecule has 1 aliphatic carbocycles. The highest BCUT2D eigenvalue weighted by Gasteiger charge is 2.35. The molecule has 2 heterocycles. The van der Waals surface area contributed by atoms with Crippen LogP contribution in [-0.2, 0) is 4.79 Å². The van der Waals surface area contributed by atoms with Crippen LogP contribution in [0.5, 0.6) is 0 Å². The summed E-state index contributed by atoms with van der Waals surface area (Å²) in [6, 6.07) is 13.9. The number of thioether (sulfide) groups is 1. The molecule has 1 aromatic carbocycles. The normalized spacial score (nSPS) is 17.3. The minimum Gasteiger partial charge on any atom is -0.368 e. The van der Waals surface area contributed by atoms with Crippen molar-refractivity contribution in [1.82, 2.24) is 10.3 Å². The lowest BCUT2D eigenvalue weighted by atomic mass is 9.99. The molecule has 2 fully saturated rings. The number of amides is 1. The smallest absolute Gasteiger partial charge is 0.235 e. The van der Waals surface area contributed by atoms with Gasteiger partial charge in [0.1, 0.15) is 28.2 Å². The zero-order chi connectivity index (χ0) is 21.8. The second-order valence-electron chi connectivity index (χ2n) is 7.80. The molecule has 1 unspecified atom stereocenters. The van der Waals surface area contributed by atoms with E-state index in [0.29, 0.717) is 22.0 Å². The highest BCUT2D eigenvalue weighted by molar-refractivity contribution is 8.00. The van der Waals surface area contributed by atoms with Crippen LogP contribution < -0.4 is 16.0 Å². The summed E-state index contributed by atoms with van der Waals surface area (Å²) in [5.41, 5.74) is 8.19.